The van der Waals surface area contributed by atoms with E-state index in [9.17, 15) is 69.5 Å². The first kappa shape index (κ1) is 36.5. The minimum atomic E-state index is -5.80. The summed E-state index contributed by atoms with van der Waals surface area (Å²) >= 11 is 0. The van der Waals surface area contributed by atoms with Gasteiger partial charge in [-0.05, 0) is 6.42 Å². The van der Waals surface area contributed by atoms with E-state index in [1.807, 2.05) is 0 Å². The van der Waals surface area contributed by atoms with Crippen molar-refractivity contribution in [2.75, 3.05) is 24.7 Å². The van der Waals surface area contributed by atoms with Crippen LogP contribution in [0.4, 0.5) is 52.7 Å². The van der Waals surface area contributed by atoms with Crippen molar-refractivity contribution in [2.24, 2.45) is 0 Å². The highest BCUT2D eigenvalue weighted by Crippen LogP contribution is 2.40. The summed E-state index contributed by atoms with van der Waals surface area (Å²) in [6.07, 6.45) is -8.95. The van der Waals surface area contributed by atoms with Crippen molar-refractivity contribution < 1.29 is 88.8 Å². The molecule has 0 unspecified atom stereocenters. The molecule has 4 N–H and O–H groups in total. The number of alkyl halides is 12. The molecule has 204 valence electrons. The Bertz CT molecular complexity index is 706. The maximum Gasteiger partial charge on any atom is 0.370 e. The molecule has 33 heavy (non-hydrogen) atoms. The van der Waals surface area contributed by atoms with E-state index in [-0.39, 0.29) is 13.2 Å². The predicted molar refractivity (Wildman–Crippen MR) is 83.4 cm³/mol. The molecule has 0 fully saturated rings. The van der Waals surface area contributed by atoms with E-state index >= 15 is 0 Å². The highest BCUT2D eigenvalue weighted by atomic mass is 32.2. The maximum atomic E-state index is 12.2. The van der Waals surface area contributed by atoms with E-state index in [4.69, 9.17) is 19.3 Å². The Labute approximate surface area is 177 Å². The molecule has 0 aliphatic heterocycles. The smallest absolute Gasteiger partial charge is 0.370 e. The molecule has 0 radical (unpaired) electrons. The van der Waals surface area contributed by atoms with E-state index in [2.05, 4.69) is 0 Å². The van der Waals surface area contributed by atoms with Crippen LogP contribution in [-0.2, 0) is 20.2 Å². The molecule has 22 heteroatoms. The molecular weight excluding hydrogens is 552 g/mol. The first-order valence-electron chi connectivity index (χ1n) is 7.41. The van der Waals surface area contributed by atoms with Gasteiger partial charge in [0, 0.05) is 13.2 Å². The number of halogens is 12. The van der Waals surface area contributed by atoms with Crippen LogP contribution in [0.1, 0.15) is 6.42 Å². The average Bonchev–Trinajstić information content (AvgIpc) is 2.51. The van der Waals surface area contributed by atoms with Crippen molar-refractivity contribution in [3.05, 3.63) is 0 Å². The second kappa shape index (κ2) is 13.1. The quantitative estimate of drug-likeness (QED) is 0.232. The van der Waals surface area contributed by atoms with Crippen molar-refractivity contribution in [3.63, 3.8) is 0 Å². The molecule has 0 saturated heterocycles. The first-order valence-corrected chi connectivity index (χ1v) is 10.6. The summed E-state index contributed by atoms with van der Waals surface area (Å²) in [7, 11) is -10.9. The summed E-state index contributed by atoms with van der Waals surface area (Å²) < 4.78 is 197. The summed E-state index contributed by atoms with van der Waals surface area (Å²) in [4.78, 5) is 0. The minimum Gasteiger partial charge on any atom is -0.396 e. The molecule has 0 bridgehead atoms. The second-order valence-electron chi connectivity index (χ2n) is 5.51. The fraction of sp³-hybridized carbons (Fsp3) is 1.00. The largest absolute Gasteiger partial charge is 0.396 e. The van der Waals surface area contributed by atoms with Crippen LogP contribution in [0.2, 0.25) is 0 Å². The summed E-state index contributed by atoms with van der Waals surface area (Å²) in [5, 5.41) is 15.8. The van der Waals surface area contributed by atoms with E-state index in [0.717, 1.165) is 0 Å². The van der Waals surface area contributed by atoms with Crippen LogP contribution >= 0.6 is 0 Å². The Morgan fingerprint density at radius 2 is 0.788 bits per heavy atom. The summed E-state index contributed by atoms with van der Waals surface area (Å²) in [6, 6.07) is 0. The van der Waals surface area contributed by atoms with Gasteiger partial charge in [-0.1, -0.05) is 0 Å². The van der Waals surface area contributed by atoms with Crippen LogP contribution in [0, 0.1) is 0 Å². The molecule has 0 rings (SSSR count). The number of rotatable bonds is 10. The Kier molecular flexibility index (Phi) is 14.5. The molecule has 0 aliphatic rings. The average molecular weight is 568 g/mol. The fourth-order valence-electron chi connectivity index (χ4n) is 1.04. The summed E-state index contributed by atoms with van der Waals surface area (Å²) in [5.74, 6) is -28.1. The van der Waals surface area contributed by atoms with Gasteiger partial charge in [-0.25, -0.2) is 17.6 Å². The van der Waals surface area contributed by atoms with Crippen molar-refractivity contribution in [1.82, 2.24) is 0 Å². The van der Waals surface area contributed by atoms with Crippen molar-refractivity contribution >= 4 is 20.2 Å². The van der Waals surface area contributed by atoms with Gasteiger partial charge in [0.15, 0.2) is 0 Å². The third-order valence-electron chi connectivity index (χ3n) is 2.57. The lowest BCUT2D eigenvalue weighted by molar-refractivity contribution is -0.253. The van der Waals surface area contributed by atoms with Crippen molar-refractivity contribution in [1.29, 1.82) is 0 Å². The number of aliphatic hydroxyl groups is 2. The molecule has 0 aromatic carbocycles. The topological polar surface area (TPSA) is 149 Å². The molecule has 0 spiro atoms. The standard InChI is InChI=1S/2C4H4F6O3S.C3H8O2/c2*5-2(6)4(9,10)3(7,8)1-14(11,12)13;4-2-1-3-5/h2*2H,1H2,(H,11,12,13);4-5H,1-3H2. The first-order chi connectivity index (χ1) is 14.2. The second-order valence-corrected chi connectivity index (χ2v) is 8.41. The minimum absolute atomic E-state index is 0.0938. The van der Waals surface area contributed by atoms with Gasteiger partial charge >= 0.3 is 36.5 Å². The van der Waals surface area contributed by atoms with Crippen LogP contribution in [0.25, 0.3) is 0 Å². The van der Waals surface area contributed by atoms with E-state index in [0.29, 0.717) is 6.42 Å². The number of hydrogen-bond acceptors (Lipinski definition) is 6. The Morgan fingerprint density at radius 3 is 0.879 bits per heavy atom. The summed E-state index contributed by atoms with van der Waals surface area (Å²) in [5.41, 5.74) is 0. The van der Waals surface area contributed by atoms with E-state index in [1.165, 1.54) is 0 Å². The van der Waals surface area contributed by atoms with Gasteiger partial charge in [0.2, 0.25) is 0 Å². The molecule has 0 aromatic heterocycles. The Hall–Kier alpha value is -1.10. The maximum absolute atomic E-state index is 12.2. The summed E-state index contributed by atoms with van der Waals surface area (Å²) in [6.45, 7) is 0.188. The molecular formula is C11H16F12O8S2. The number of aliphatic hydroxyl groups excluding tert-OH is 2. The lowest BCUT2D eigenvalue weighted by Gasteiger charge is -2.24. The van der Waals surface area contributed by atoms with Crippen LogP contribution in [-0.4, -0.2) is 97.4 Å². The van der Waals surface area contributed by atoms with E-state index < -0.39 is 68.3 Å². The Morgan fingerprint density at radius 1 is 0.576 bits per heavy atom. The zero-order valence-corrected chi connectivity index (χ0v) is 17.1. The van der Waals surface area contributed by atoms with E-state index in [1.54, 1.807) is 0 Å². The van der Waals surface area contributed by atoms with Gasteiger partial charge < -0.3 is 10.2 Å². The molecule has 0 aromatic rings. The lowest BCUT2D eigenvalue weighted by Crippen LogP contribution is -2.50. The van der Waals surface area contributed by atoms with Crippen LogP contribution in [0.3, 0.4) is 0 Å². The lowest BCUT2D eigenvalue weighted by atomic mass is 10.2. The van der Waals surface area contributed by atoms with Gasteiger partial charge in [0.1, 0.15) is 11.5 Å². The molecule has 0 saturated carbocycles. The molecule has 0 aliphatic carbocycles. The SMILES string of the molecule is O=S(=O)(O)CC(F)(F)C(F)(F)C(F)F.O=S(=O)(O)CC(F)(F)C(F)(F)C(F)F.OCCCO. The molecule has 8 nitrogen and oxygen atoms in total. The zero-order valence-electron chi connectivity index (χ0n) is 15.5. The molecule has 0 heterocycles. The zero-order chi connectivity index (χ0) is 27.7. The predicted octanol–water partition coefficient (Wildman–Crippen LogP) is 2.18. The monoisotopic (exact) mass is 568 g/mol. The molecule has 0 amide bonds. The highest BCUT2D eigenvalue weighted by Gasteiger charge is 2.65. The Balaban J connectivity index is -0.000000453. The van der Waals surface area contributed by atoms with Crippen LogP contribution < -0.4 is 0 Å². The van der Waals surface area contributed by atoms with Crippen molar-refractivity contribution in [2.45, 2.75) is 43.0 Å². The van der Waals surface area contributed by atoms with Crippen molar-refractivity contribution in [3.8, 4) is 0 Å². The fourth-order valence-corrected chi connectivity index (χ4v) is 2.34. The van der Waals surface area contributed by atoms with Gasteiger partial charge in [0.25, 0.3) is 20.2 Å². The third kappa shape index (κ3) is 14.0. The van der Waals surface area contributed by atoms with Gasteiger partial charge in [-0.2, -0.15) is 52.0 Å². The molecule has 0 atom stereocenters. The van der Waals surface area contributed by atoms with Crippen LogP contribution in [0.5, 0.6) is 0 Å². The van der Waals surface area contributed by atoms with Gasteiger partial charge in [-0.15, -0.1) is 0 Å². The normalized spacial score (nSPS) is 13.9. The number of hydrogen-bond donors (Lipinski definition) is 4. The highest BCUT2D eigenvalue weighted by molar-refractivity contribution is 7.86. The van der Waals surface area contributed by atoms with Gasteiger partial charge in [0.05, 0.1) is 0 Å². The van der Waals surface area contributed by atoms with Gasteiger partial charge in [-0.3, -0.25) is 9.11 Å². The van der Waals surface area contributed by atoms with Crippen LogP contribution in [0.15, 0.2) is 0 Å². The third-order valence-corrected chi connectivity index (χ3v) is 4.02.